The Balaban J connectivity index is 1.50. The molecule has 0 fully saturated rings. The molecule has 1 unspecified atom stereocenters. The molecular formula is C24H18N2O4. The molecule has 1 aliphatic heterocycles. The molecule has 30 heavy (non-hydrogen) atoms. The normalized spacial score (nSPS) is 13.8. The van der Waals surface area contributed by atoms with Crippen LogP contribution in [-0.4, -0.2) is 15.9 Å². The molecule has 0 radical (unpaired) electrons. The quantitative estimate of drug-likeness (QED) is 0.515. The van der Waals surface area contributed by atoms with E-state index in [2.05, 4.69) is 9.97 Å². The predicted octanol–water partition coefficient (Wildman–Crippen LogP) is 4.47. The highest BCUT2D eigenvalue weighted by molar-refractivity contribution is 5.85. The van der Waals surface area contributed by atoms with Gasteiger partial charge in [-0.3, -0.25) is 9.59 Å². The van der Waals surface area contributed by atoms with Gasteiger partial charge in [0.15, 0.2) is 11.9 Å². The van der Waals surface area contributed by atoms with Crippen LogP contribution >= 0.6 is 0 Å². The van der Waals surface area contributed by atoms with Crippen LogP contribution in [0.1, 0.15) is 35.9 Å². The molecule has 4 aromatic rings. The number of benzene rings is 3. The van der Waals surface area contributed by atoms with Crippen LogP contribution < -0.4 is 10.3 Å². The molecule has 1 aliphatic rings. The number of nitrogens with zero attached hydrogens (tertiary/aromatic N) is 1. The molecule has 1 N–H and O–H groups in total. The molecule has 0 spiro atoms. The number of para-hydroxylation sites is 3. The highest BCUT2D eigenvalue weighted by atomic mass is 16.5. The number of carbonyl (C=O) groups is 1. The van der Waals surface area contributed by atoms with Crippen molar-refractivity contribution in [1.82, 2.24) is 9.97 Å². The summed E-state index contributed by atoms with van der Waals surface area (Å²) in [7, 11) is 0. The maximum Gasteiger partial charge on any atom is 0.318 e. The van der Waals surface area contributed by atoms with Gasteiger partial charge in [0.25, 0.3) is 5.56 Å². The third-order valence-electron chi connectivity index (χ3n) is 5.22. The molecule has 1 aromatic heterocycles. The summed E-state index contributed by atoms with van der Waals surface area (Å²) < 4.78 is 11.7. The zero-order valence-corrected chi connectivity index (χ0v) is 16.2. The van der Waals surface area contributed by atoms with Gasteiger partial charge < -0.3 is 14.5 Å². The lowest BCUT2D eigenvalue weighted by Crippen LogP contribution is -2.24. The number of esters is 1. The monoisotopic (exact) mass is 398 g/mol. The number of H-pyrrole nitrogens is 1. The van der Waals surface area contributed by atoms with Crippen molar-refractivity contribution in [3.8, 4) is 11.5 Å². The first-order chi connectivity index (χ1) is 14.6. The van der Waals surface area contributed by atoms with Crippen molar-refractivity contribution in [3.63, 3.8) is 0 Å². The maximum absolute atomic E-state index is 13.3. The lowest BCUT2D eigenvalue weighted by atomic mass is 9.88. The molecule has 6 heteroatoms. The van der Waals surface area contributed by atoms with Crippen LogP contribution in [0.15, 0.2) is 77.6 Å². The van der Waals surface area contributed by atoms with Crippen LogP contribution in [0.5, 0.6) is 11.5 Å². The second-order valence-electron chi connectivity index (χ2n) is 7.16. The topological polar surface area (TPSA) is 81.3 Å². The molecule has 0 aliphatic carbocycles. The summed E-state index contributed by atoms with van der Waals surface area (Å²) in [5.41, 5.74) is 1.78. The van der Waals surface area contributed by atoms with Crippen LogP contribution in [0, 0.1) is 0 Å². The molecule has 6 nitrogen and oxygen atoms in total. The number of hydrogen-bond donors (Lipinski definition) is 1. The Hall–Kier alpha value is -3.93. The van der Waals surface area contributed by atoms with E-state index in [0.29, 0.717) is 28.2 Å². The third kappa shape index (κ3) is 3.03. The van der Waals surface area contributed by atoms with Gasteiger partial charge in [-0.25, -0.2) is 4.98 Å². The average Bonchev–Trinajstić information content (AvgIpc) is 2.77. The second-order valence-corrected chi connectivity index (χ2v) is 7.16. The smallest absolute Gasteiger partial charge is 0.318 e. The minimum atomic E-state index is -0.725. The maximum atomic E-state index is 13.3. The number of fused-ring (bicyclic) bond motifs is 3. The van der Waals surface area contributed by atoms with Crippen LogP contribution in [-0.2, 0) is 9.53 Å². The lowest BCUT2D eigenvalue weighted by Gasteiger charge is -2.27. The number of carbonyl (C=O) groups excluding carboxylic acids is 1. The standard InChI is InChI=1S/C24H18N2O4/c1-14(22-25-18-11-5-2-8-15(18)23(27)26-22)29-24(28)21-16-9-3-6-12-19(16)30-20-13-7-4-10-17(20)21/h2-14,21H,1H3,(H,25,26,27). The zero-order chi connectivity index (χ0) is 20.7. The fourth-order valence-electron chi connectivity index (χ4n) is 3.76. The molecule has 0 amide bonds. The summed E-state index contributed by atoms with van der Waals surface area (Å²) in [5, 5.41) is 0.493. The van der Waals surface area contributed by atoms with Gasteiger partial charge in [0.1, 0.15) is 17.4 Å². The SMILES string of the molecule is CC(OC(=O)C1c2ccccc2Oc2ccccc21)c1nc2ccccc2c(=O)[nH]1. The minimum Gasteiger partial charge on any atom is -0.457 e. The van der Waals surface area contributed by atoms with Crippen molar-refractivity contribution in [2.75, 3.05) is 0 Å². The van der Waals surface area contributed by atoms with E-state index in [-0.39, 0.29) is 5.56 Å². The fourth-order valence-corrected chi connectivity index (χ4v) is 3.76. The second kappa shape index (κ2) is 7.15. The Bertz CT molecular complexity index is 1280. The van der Waals surface area contributed by atoms with E-state index in [1.807, 2.05) is 54.6 Å². The van der Waals surface area contributed by atoms with Crippen LogP contribution in [0.3, 0.4) is 0 Å². The van der Waals surface area contributed by atoms with Gasteiger partial charge in [-0.15, -0.1) is 0 Å². The summed E-state index contributed by atoms with van der Waals surface area (Å²) in [5.74, 6) is 0.508. The van der Waals surface area contributed by atoms with Gasteiger partial charge in [-0.2, -0.15) is 0 Å². The van der Waals surface area contributed by atoms with Gasteiger partial charge in [0, 0.05) is 11.1 Å². The Morgan fingerprint density at radius 2 is 1.57 bits per heavy atom. The zero-order valence-electron chi connectivity index (χ0n) is 16.2. The first-order valence-corrected chi connectivity index (χ1v) is 9.67. The van der Waals surface area contributed by atoms with E-state index in [1.165, 1.54) is 0 Å². The highest BCUT2D eigenvalue weighted by Crippen LogP contribution is 2.44. The molecule has 1 atom stereocenters. The number of aromatic nitrogens is 2. The third-order valence-corrected chi connectivity index (χ3v) is 5.22. The van der Waals surface area contributed by atoms with E-state index < -0.39 is 18.0 Å². The van der Waals surface area contributed by atoms with Crippen molar-refractivity contribution in [2.45, 2.75) is 18.9 Å². The van der Waals surface area contributed by atoms with E-state index in [1.54, 1.807) is 25.1 Å². The number of nitrogens with one attached hydrogen (secondary N) is 1. The first kappa shape index (κ1) is 18.1. The summed E-state index contributed by atoms with van der Waals surface area (Å²) in [4.78, 5) is 32.8. The minimum absolute atomic E-state index is 0.264. The summed E-state index contributed by atoms with van der Waals surface area (Å²) in [6.07, 6.45) is -0.725. The van der Waals surface area contributed by atoms with Crippen molar-refractivity contribution in [2.24, 2.45) is 0 Å². The van der Waals surface area contributed by atoms with Gasteiger partial charge >= 0.3 is 5.97 Å². The van der Waals surface area contributed by atoms with E-state index >= 15 is 0 Å². The molecule has 0 bridgehead atoms. The van der Waals surface area contributed by atoms with Crippen LogP contribution in [0.2, 0.25) is 0 Å². The molecular weight excluding hydrogens is 380 g/mol. The molecule has 0 saturated heterocycles. The Kier molecular flexibility index (Phi) is 4.32. The largest absolute Gasteiger partial charge is 0.457 e. The number of aromatic amines is 1. The first-order valence-electron chi connectivity index (χ1n) is 9.67. The lowest BCUT2D eigenvalue weighted by molar-refractivity contribution is -0.149. The summed E-state index contributed by atoms with van der Waals surface area (Å²) >= 11 is 0. The Morgan fingerprint density at radius 3 is 2.27 bits per heavy atom. The molecule has 0 saturated carbocycles. The van der Waals surface area contributed by atoms with Crippen LogP contribution in [0.4, 0.5) is 0 Å². The highest BCUT2D eigenvalue weighted by Gasteiger charge is 2.34. The van der Waals surface area contributed by atoms with Gasteiger partial charge in [-0.1, -0.05) is 48.5 Å². The molecule has 5 rings (SSSR count). The van der Waals surface area contributed by atoms with Gasteiger partial charge in [-0.05, 0) is 31.2 Å². The molecule has 3 aromatic carbocycles. The average molecular weight is 398 g/mol. The number of rotatable bonds is 3. The molecule has 148 valence electrons. The van der Waals surface area contributed by atoms with Crippen molar-refractivity contribution < 1.29 is 14.3 Å². The van der Waals surface area contributed by atoms with E-state index in [9.17, 15) is 9.59 Å². The molecule has 2 heterocycles. The van der Waals surface area contributed by atoms with Crippen molar-refractivity contribution >= 4 is 16.9 Å². The summed E-state index contributed by atoms with van der Waals surface area (Å²) in [6, 6.07) is 21.9. The Labute approximate surface area is 172 Å². The number of hydrogen-bond acceptors (Lipinski definition) is 5. The van der Waals surface area contributed by atoms with E-state index in [4.69, 9.17) is 9.47 Å². The number of ether oxygens (including phenoxy) is 2. The van der Waals surface area contributed by atoms with E-state index in [0.717, 1.165) is 11.1 Å². The van der Waals surface area contributed by atoms with Crippen LogP contribution in [0.25, 0.3) is 10.9 Å². The predicted molar refractivity (Wildman–Crippen MR) is 112 cm³/mol. The van der Waals surface area contributed by atoms with Crippen molar-refractivity contribution in [3.05, 3.63) is 100 Å². The Morgan fingerprint density at radius 1 is 0.967 bits per heavy atom. The van der Waals surface area contributed by atoms with Crippen molar-refractivity contribution in [1.29, 1.82) is 0 Å². The van der Waals surface area contributed by atoms with Gasteiger partial charge in [0.2, 0.25) is 0 Å². The van der Waals surface area contributed by atoms with Gasteiger partial charge in [0.05, 0.1) is 10.9 Å². The summed E-state index contributed by atoms with van der Waals surface area (Å²) in [6.45, 7) is 1.70. The fraction of sp³-hybridized carbons (Fsp3) is 0.125.